The van der Waals surface area contributed by atoms with Crippen molar-refractivity contribution < 1.29 is 21.4 Å². The van der Waals surface area contributed by atoms with Crippen LogP contribution in [0.15, 0.2) is 81.4 Å². The molecule has 0 saturated heterocycles. The summed E-state index contributed by atoms with van der Waals surface area (Å²) < 4.78 is 61.7. The Kier molecular flexibility index (Phi) is 7.82. The SMILES string of the molecule is CCCCC1CN(c2ccccc2)c2cc(SC)c(-c3ccc(S(=O)(=O)O)cc3)cc2S(=O)(=O)N1C. The molecule has 0 fully saturated rings. The first-order valence-electron chi connectivity index (χ1n) is 11.7. The van der Waals surface area contributed by atoms with Gasteiger partial charge in [0.05, 0.1) is 10.6 Å². The highest BCUT2D eigenvalue weighted by molar-refractivity contribution is 7.98. The van der Waals surface area contributed by atoms with E-state index < -0.39 is 20.1 Å². The third-order valence-electron chi connectivity index (χ3n) is 6.56. The van der Waals surface area contributed by atoms with Crippen LogP contribution in [0.3, 0.4) is 0 Å². The van der Waals surface area contributed by atoms with Crippen molar-refractivity contribution >= 4 is 43.3 Å². The van der Waals surface area contributed by atoms with Gasteiger partial charge in [-0.2, -0.15) is 12.7 Å². The minimum absolute atomic E-state index is 0.196. The van der Waals surface area contributed by atoms with Crippen molar-refractivity contribution in [1.29, 1.82) is 0 Å². The number of likely N-dealkylation sites (N-methyl/N-ethyl adjacent to an activating group) is 1. The molecular weight excluding hydrogens is 516 g/mol. The molecule has 36 heavy (non-hydrogen) atoms. The molecule has 0 amide bonds. The Balaban J connectivity index is 1.94. The van der Waals surface area contributed by atoms with Crippen LogP contribution in [0.25, 0.3) is 11.1 Å². The summed E-state index contributed by atoms with van der Waals surface area (Å²) in [4.78, 5) is 2.94. The quantitative estimate of drug-likeness (QED) is 0.302. The Morgan fingerprint density at radius 3 is 2.31 bits per heavy atom. The zero-order valence-corrected chi connectivity index (χ0v) is 22.9. The van der Waals surface area contributed by atoms with Gasteiger partial charge >= 0.3 is 0 Å². The molecule has 0 spiro atoms. The maximum Gasteiger partial charge on any atom is 0.294 e. The highest BCUT2D eigenvalue weighted by atomic mass is 32.2. The minimum Gasteiger partial charge on any atom is -0.339 e. The van der Waals surface area contributed by atoms with E-state index in [2.05, 4.69) is 11.8 Å². The van der Waals surface area contributed by atoms with Crippen LogP contribution in [0.4, 0.5) is 11.4 Å². The van der Waals surface area contributed by atoms with Crippen molar-refractivity contribution in [3.8, 4) is 11.1 Å². The number of unbranched alkanes of at least 4 members (excludes halogenated alkanes) is 1. The van der Waals surface area contributed by atoms with Gasteiger partial charge in [-0.05, 0) is 60.2 Å². The number of hydrogen-bond acceptors (Lipinski definition) is 6. The molecule has 10 heteroatoms. The van der Waals surface area contributed by atoms with Crippen LogP contribution in [-0.2, 0) is 20.1 Å². The smallest absolute Gasteiger partial charge is 0.294 e. The Hall–Kier alpha value is -2.37. The number of sulfonamides is 1. The molecule has 0 radical (unpaired) electrons. The van der Waals surface area contributed by atoms with E-state index in [0.717, 1.165) is 29.8 Å². The summed E-state index contributed by atoms with van der Waals surface area (Å²) in [7, 11) is -6.50. The highest BCUT2D eigenvalue weighted by Crippen LogP contribution is 2.43. The summed E-state index contributed by atoms with van der Waals surface area (Å²) in [5.41, 5.74) is 2.88. The van der Waals surface area contributed by atoms with E-state index in [-0.39, 0.29) is 15.8 Å². The Morgan fingerprint density at radius 1 is 1.06 bits per heavy atom. The highest BCUT2D eigenvalue weighted by Gasteiger charge is 2.37. The van der Waals surface area contributed by atoms with Crippen molar-refractivity contribution in [2.75, 3.05) is 24.7 Å². The van der Waals surface area contributed by atoms with E-state index in [1.807, 2.05) is 42.7 Å². The van der Waals surface area contributed by atoms with Crippen molar-refractivity contribution in [2.45, 2.75) is 46.9 Å². The Morgan fingerprint density at radius 2 is 1.72 bits per heavy atom. The normalized spacial score (nSPS) is 18.0. The molecule has 1 aliphatic rings. The van der Waals surface area contributed by atoms with Crippen LogP contribution >= 0.6 is 11.8 Å². The van der Waals surface area contributed by atoms with E-state index in [9.17, 15) is 21.4 Å². The van der Waals surface area contributed by atoms with Gasteiger partial charge in [0, 0.05) is 30.2 Å². The van der Waals surface area contributed by atoms with Gasteiger partial charge < -0.3 is 4.90 Å². The molecular formula is C26H30N2O5S3. The van der Waals surface area contributed by atoms with Gasteiger partial charge in [-0.1, -0.05) is 50.1 Å². The summed E-state index contributed by atoms with van der Waals surface area (Å²) in [5.74, 6) is 0. The average Bonchev–Trinajstić information content (AvgIpc) is 2.95. The maximum absolute atomic E-state index is 13.9. The Labute approximate surface area is 217 Å². The standard InChI is InChI=1S/C26H30N2O5S3/c1-4-5-9-21-18-28(20-10-7-6-8-11-20)24-17-25(34-3)23(16-26(24)35(29,30)27(21)2)19-12-14-22(15-13-19)36(31,32)33/h6-8,10-17,21H,4-5,9,18H2,1-3H3,(H,31,32,33). The lowest BCUT2D eigenvalue weighted by molar-refractivity contribution is 0.351. The fourth-order valence-electron chi connectivity index (χ4n) is 4.51. The maximum atomic E-state index is 13.9. The van der Waals surface area contributed by atoms with Crippen LogP contribution in [-0.4, -0.2) is 51.6 Å². The molecule has 1 atom stereocenters. The summed E-state index contributed by atoms with van der Waals surface area (Å²) >= 11 is 1.49. The fraction of sp³-hybridized carbons (Fsp3) is 0.308. The van der Waals surface area contributed by atoms with E-state index in [4.69, 9.17) is 0 Å². The number of hydrogen-bond donors (Lipinski definition) is 1. The molecule has 4 rings (SSSR count). The van der Waals surface area contributed by atoms with Crippen LogP contribution in [0.1, 0.15) is 26.2 Å². The van der Waals surface area contributed by atoms with Crippen LogP contribution in [0.2, 0.25) is 0 Å². The molecule has 1 unspecified atom stereocenters. The second-order valence-corrected chi connectivity index (χ2v) is 13.0. The lowest BCUT2D eigenvalue weighted by Gasteiger charge is -2.29. The lowest BCUT2D eigenvalue weighted by atomic mass is 10.0. The first-order valence-corrected chi connectivity index (χ1v) is 15.8. The first kappa shape index (κ1) is 26.7. The van der Waals surface area contributed by atoms with Gasteiger partial charge in [-0.25, -0.2) is 8.42 Å². The van der Waals surface area contributed by atoms with Crippen molar-refractivity contribution in [2.24, 2.45) is 0 Å². The fourth-order valence-corrected chi connectivity index (χ4v) is 7.19. The molecule has 1 heterocycles. The summed E-state index contributed by atoms with van der Waals surface area (Å²) in [5, 5.41) is 0. The van der Waals surface area contributed by atoms with Crippen molar-refractivity contribution in [1.82, 2.24) is 4.31 Å². The summed E-state index contributed by atoms with van der Waals surface area (Å²) in [6.07, 6.45) is 4.57. The summed E-state index contributed by atoms with van der Waals surface area (Å²) in [6.45, 7) is 2.63. The number of fused-ring (bicyclic) bond motifs is 1. The molecule has 192 valence electrons. The molecule has 3 aromatic carbocycles. The molecule has 3 aromatic rings. The predicted octanol–water partition coefficient (Wildman–Crippen LogP) is 5.65. The molecule has 0 saturated carbocycles. The van der Waals surface area contributed by atoms with Gasteiger partial charge in [-0.3, -0.25) is 4.55 Å². The average molecular weight is 547 g/mol. The van der Waals surface area contributed by atoms with Crippen molar-refractivity contribution in [3.63, 3.8) is 0 Å². The van der Waals surface area contributed by atoms with Gasteiger partial charge in [-0.15, -0.1) is 11.8 Å². The van der Waals surface area contributed by atoms with E-state index in [1.54, 1.807) is 25.2 Å². The number of thioether (sulfide) groups is 1. The second kappa shape index (κ2) is 10.5. The third kappa shape index (κ3) is 5.19. The zero-order chi connectivity index (χ0) is 26.1. The number of benzene rings is 3. The number of rotatable bonds is 7. The van der Waals surface area contributed by atoms with Gasteiger partial charge in [0.15, 0.2) is 0 Å². The van der Waals surface area contributed by atoms with Gasteiger partial charge in [0.2, 0.25) is 10.0 Å². The van der Waals surface area contributed by atoms with Crippen LogP contribution in [0.5, 0.6) is 0 Å². The number of para-hydroxylation sites is 1. The monoisotopic (exact) mass is 546 g/mol. The number of anilines is 2. The molecule has 0 aliphatic carbocycles. The predicted molar refractivity (Wildman–Crippen MR) is 145 cm³/mol. The van der Waals surface area contributed by atoms with E-state index in [1.165, 1.54) is 28.2 Å². The summed E-state index contributed by atoms with van der Waals surface area (Å²) in [6, 6.07) is 19.0. The van der Waals surface area contributed by atoms with Crippen LogP contribution < -0.4 is 4.90 Å². The zero-order valence-electron chi connectivity index (χ0n) is 20.5. The van der Waals surface area contributed by atoms with E-state index in [0.29, 0.717) is 23.4 Å². The van der Waals surface area contributed by atoms with Crippen LogP contribution in [0, 0.1) is 0 Å². The molecule has 1 aliphatic heterocycles. The molecule has 7 nitrogen and oxygen atoms in total. The third-order valence-corrected chi connectivity index (χ3v) is 10.1. The first-order chi connectivity index (χ1) is 17.1. The topological polar surface area (TPSA) is 95.0 Å². The van der Waals surface area contributed by atoms with E-state index >= 15 is 0 Å². The van der Waals surface area contributed by atoms with Gasteiger partial charge in [0.1, 0.15) is 4.90 Å². The molecule has 0 aromatic heterocycles. The Bertz CT molecular complexity index is 1440. The number of nitrogens with zero attached hydrogens (tertiary/aromatic N) is 2. The molecule has 0 bridgehead atoms. The second-order valence-electron chi connectivity index (χ2n) is 8.78. The minimum atomic E-state index is -4.33. The molecule has 1 N–H and O–H groups in total. The van der Waals surface area contributed by atoms with Crippen molar-refractivity contribution in [3.05, 3.63) is 66.7 Å². The largest absolute Gasteiger partial charge is 0.339 e. The lowest BCUT2D eigenvalue weighted by Crippen LogP contribution is -2.40. The van der Waals surface area contributed by atoms with Gasteiger partial charge in [0.25, 0.3) is 10.1 Å².